The molecule has 1 amide bonds. The molecule has 0 unspecified atom stereocenters. The largest absolute Gasteiger partial charge is 0.352 e. The Morgan fingerprint density at radius 3 is 2.65 bits per heavy atom. The van der Waals surface area contributed by atoms with Crippen LogP contribution in [0.4, 0.5) is 0 Å². The van der Waals surface area contributed by atoms with Gasteiger partial charge in [0.05, 0.1) is 0 Å². The summed E-state index contributed by atoms with van der Waals surface area (Å²) in [5.74, 6) is -0.270. The van der Waals surface area contributed by atoms with E-state index in [0.29, 0.717) is 5.56 Å². The molecular weight excluding hydrogens is 318 g/mol. The van der Waals surface area contributed by atoms with Crippen LogP contribution in [0, 0.1) is 18.6 Å². The van der Waals surface area contributed by atoms with Crippen LogP contribution in [0.25, 0.3) is 0 Å². The number of H-pyrrole nitrogens is 3. The molecule has 4 N–H and O–H groups in total. The van der Waals surface area contributed by atoms with E-state index >= 15 is 0 Å². The van der Waals surface area contributed by atoms with Gasteiger partial charge in [0.2, 0.25) is 5.91 Å². The fraction of sp³-hybridized carbons (Fsp3) is 0.357. The Hall–Kier alpha value is -2.55. The van der Waals surface area contributed by atoms with Gasteiger partial charge in [0, 0.05) is 30.6 Å². The molecule has 2 aromatic heterocycles. The van der Waals surface area contributed by atoms with Gasteiger partial charge in [0.25, 0.3) is 11.1 Å². The van der Waals surface area contributed by atoms with Gasteiger partial charge in [-0.1, -0.05) is 0 Å². The minimum absolute atomic E-state index is 0.0868. The minimum Gasteiger partial charge on any atom is -0.352 e. The van der Waals surface area contributed by atoms with E-state index in [2.05, 4.69) is 25.5 Å². The van der Waals surface area contributed by atoms with Crippen LogP contribution in [0.2, 0.25) is 0 Å². The molecule has 0 fully saturated rings. The summed E-state index contributed by atoms with van der Waals surface area (Å²) in [6.07, 6.45) is 0.264. The van der Waals surface area contributed by atoms with Crippen molar-refractivity contribution in [1.29, 1.82) is 0 Å². The fourth-order valence-corrected chi connectivity index (χ4v) is 2.29. The Bertz CT molecular complexity index is 896. The van der Waals surface area contributed by atoms with Crippen LogP contribution in [0.15, 0.2) is 15.7 Å². The third-order valence-electron chi connectivity index (χ3n) is 3.33. The summed E-state index contributed by atoms with van der Waals surface area (Å²) in [7, 11) is 0. The zero-order valence-corrected chi connectivity index (χ0v) is 13.6. The Morgan fingerprint density at radius 2 is 2.00 bits per heavy atom. The van der Waals surface area contributed by atoms with Crippen LogP contribution in [-0.2, 0) is 17.8 Å². The number of carbonyl (C=O) groups excluding carboxylic acids is 1. The first-order chi connectivity index (χ1) is 10.9. The fourth-order valence-electron chi connectivity index (χ4n) is 2.15. The Kier molecular flexibility index (Phi) is 5.22. The van der Waals surface area contributed by atoms with Crippen LogP contribution in [-0.4, -0.2) is 26.1 Å². The molecule has 0 aliphatic carbocycles. The van der Waals surface area contributed by atoms with E-state index in [4.69, 9.17) is 12.2 Å². The third kappa shape index (κ3) is 4.46. The molecule has 9 heteroatoms. The molecule has 0 aliphatic heterocycles. The summed E-state index contributed by atoms with van der Waals surface area (Å²) < 4.78 is 0.136. The summed E-state index contributed by atoms with van der Waals surface area (Å²) in [6.45, 7) is 3.76. The first kappa shape index (κ1) is 16.8. The Balaban J connectivity index is 1.95. The molecule has 8 nitrogen and oxygen atoms in total. The molecule has 2 heterocycles. The average molecular weight is 335 g/mol. The van der Waals surface area contributed by atoms with Crippen LogP contribution in [0.3, 0.4) is 0 Å². The lowest BCUT2D eigenvalue weighted by Crippen LogP contribution is -2.28. The molecule has 0 aliphatic rings. The number of carbonyl (C=O) groups is 1. The predicted octanol–water partition coefficient (Wildman–Crippen LogP) is 0.382. The van der Waals surface area contributed by atoms with Crippen molar-refractivity contribution in [3.8, 4) is 0 Å². The van der Waals surface area contributed by atoms with Crippen molar-refractivity contribution in [1.82, 2.24) is 25.5 Å². The van der Waals surface area contributed by atoms with Crippen molar-refractivity contribution in [2.45, 2.75) is 33.2 Å². The van der Waals surface area contributed by atoms with Gasteiger partial charge in [-0.3, -0.25) is 24.5 Å². The molecule has 2 rings (SSSR count). The molecule has 2 aromatic rings. The number of aryl methyl sites for hydroxylation is 3. The highest BCUT2D eigenvalue weighted by Gasteiger charge is 2.09. The van der Waals surface area contributed by atoms with E-state index < -0.39 is 5.56 Å². The van der Waals surface area contributed by atoms with Crippen LogP contribution in [0.1, 0.15) is 28.9 Å². The topological polar surface area (TPSA) is 123 Å². The molecule has 0 saturated heterocycles. The number of hydrogen-bond donors (Lipinski definition) is 4. The molecule has 0 bridgehead atoms. The first-order valence-corrected chi connectivity index (χ1v) is 7.41. The maximum Gasteiger partial charge on any atom is 0.273 e. The van der Waals surface area contributed by atoms with Gasteiger partial charge in [-0.25, -0.2) is 0 Å². The second kappa shape index (κ2) is 7.14. The monoisotopic (exact) mass is 335 g/mol. The molecule has 0 atom stereocenters. The summed E-state index contributed by atoms with van der Waals surface area (Å²) >= 11 is 4.74. The molecule has 0 saturated carbocycles. The summed E-state index contributed by atoms with van der Waals surface area (Å²) in [6, 6.07) is 1.85. The highest BCUT2D eigenvalue weighted by atomic mass is 32.1. The smallest absolute Gasteiger partial charge is 0.273 e. The zero-order chi connectivity index (χ0) is 17.0. The van der Waals surface area contributed by atoms with Gasteiger partial charge < -0.3 is 10.3 Å². The van der Waals surface area contributed by atoms with Crippen molar-refractivity contribution < 1.29 is 4.79 Å². The van der Waals surface area contributed by atoms with Gasteiger partial charge in [-0.05, 0) is 37.7 Å². The Labute approximate surface area is 136 Å². The second-order valence-electron chi connectivity index (χ2n) is 5.17. The molecule has 0 spiro atoms. The van der Waals surface area contributed by atoms with Gasteiger partial charge in [0.15, 0.2) is 4.77 Å². The van der Waals surface area contributed by atoms with Crippen molar-refractivity contribution >= 4 is 18.1 Å². The van der Waals surface area contributed by atoms with Crippen LogP contribution in [0.5, 0.6) is 0 Å². The third-order valence-corrected chi connectivity index (χ3v) is 3.52. The minimum atomic E-state index is -0.410. The lowest BCUT2D eigenvalue weighted by atomic mass is 10.1. The molecule has 23 heavy (non-hydrogen) atoms. The predicted molar refractivity (Wildman–Crippen MR) is 86.7 cm³/mol. The lowest BCUT2D eigenvalue weighted by molar-refractivity contribution is -0.121. The zero-order valence-electron chi connectivity index (χ0n) is 12.8. The highest BCUT2D eigenvalue weighted by Crippen LogP contribution is 2.03. The van der Waals surface area contributed by atoms with Gasteiger partial charge >= 0.3 is 0 Å². The second-order valence-corrected chi connectivity index (χ2v) is 5.58. The molecule has 0 radical (unpaired) electrons. The summed E-state index contributed by atoms with van der Waals surface area (Å²) in [5.41, 5.74) is 1.69. The van der Waals surface area contributed by atoms with Crippen molar-refractivity contribution in [3.05, 3.63) is 54.1 Å². The number of rotatable bonds is 5. The van der Waals surface area contributed by atoms with E-state index in [-0.39, 0.29) is 41.3 Å². The normalized spacial score (nSPS) is 10.5. The number of amides is 1. The number of hydrogen-bond acceptors (Lipinski definition) is 5. The van der Waals surface area contributed by atoms with E-state index in [1.54, 1.807) is 6.92 Å². The standard InChI is InChI=1S/C14H17N5O3S/c1-7-5-8(2)16-12(21)9(7)6-15-11(20)4-3-10-13(22)17-14(23)19-18-10/h5H,3-4,6H2,1-2H3,(H,15,20)(H,16,21)(H2,17,19,22,23). The molecule has 0 aromatic carbocycles. The van der Waals surface area contributed by atoms with E-state index in [0.717, 1.165) is 11.3 Å². The highest BCUT2D eigenvalue weighted by molar-refractivity contribution is 7.71. The summed E-state index contributed by atoms with van der Waals surface area (Å²) in [4.78, 5) is 40.4. The maximum absolute atomic E-state index is 11.9. The van der Waals surface area contributed by atoms with Crippen molar-refractivity contribution in [3.63, 3.8) is 0 Å². The Morgan fingerprint density at radius 1 is 1.26 bits per heavy atom. The van der Waals surface area contributed by atoms with E-state index in [1.807, 2.05) is 13.0 Å². The van der Waals surface area contributed by atoms with Crippen molar-refractivity contribution in [2.75, 3.05) is 0 Å². The molecular formula is C14H17N5O3S. The quantitative estimate of drug-likeness (QED) is 0.588. The van der Waals surface area contributed by atoms with Crippen LogP contribution < -0.4 is 16.4 Å². The SMILES string of the molecule is Cc1cc(C)c(CNC(=O)CCc2n[nH]c(=S)[nH]c2=O)c(=O)[nH]1. The van der Waals surface area contributed by atoms with Crippen molar-refractivity contribution in [2.24, 2.45) is 0 Å². The van der Waals surface area contributed by atoms with E-state index in [9.17, 15) is 14.4 Å². The lowest BCUT2D eigenvalue weighted by Gasteiger charge is -2.08. The first-order valence-electron chi connectivity index (χ1n) is 7.01. The number of nitrogens with zero attached hydrogens (tertiary/aromatic N) is 1. The molecule has 122 valence electrons. The number of aromatic nitrogens is 4. The van der Waals surface area contributed by atoms with Crippen LogP contribution >= 0.6 is 12.2 Å². The average Bonchev–Trinajstić information content (AvgIpc) is 2.45. The number of pyridine rings is 1. The summed E-state index contributed by atoms with van der Waals surface area (Å²) in [5, 5.41) is 8.94. The maximum atomic E-state index is 11.9. The number of nitrogens with one attached hydrogen (secondary N) is 4. The van der Waals surface area contributed by atoms with Gasteiger partial charge in [-0.2, -0.15) is 5.10 Å². The van der Waals surface area contributed by atoms with Gasteiger partial charge in [0.1, 0.15) is 5.69 Å². The number of aromatic amines is 3. The van der Waals surface area contributed by atoms with Gasteiger partial charge in [-0.15, -0.1) is 0 Å². The van der Waals surface area contributed by atoms with E-state index in [1.165, 1.54) is 0 Å².